The lowest BCUT2D eigenvalue weighted by Gasteiger charge is -2.13. The molecule has 3 atom stereocenters. The van der Waals surface area contributed by atoms with E-state index in [1.54, 1.807) is 6.92 Å². The molecule has 126 valence electrons. The zero-order valence-electron chi connectivity index (χ0n) is 12.7. The number of nitrogen functional groups attached to an aromatic ring is 1. The van der Waals surface area contributed by atoms with Crippen LogP contribution in [-0.4, -0.2) is 44.5 Å². The Kier molecular flexibility index (Phi) is 4.18. The van der Waals surface area contributed by atoms with E-state index < -0.39 is 30.7 Å². The molecule has 1 saturated heterocycles. The van der Waals surface area contributed by atoms with Crippen molar-refractivity contribution in [2.75, 3.05) is 12.3 Å². The van der Waals surface area contributed by atoms with Gasteiger partial charge in [-0.3, -0.25) is 4.57 Å². The molecular weight excluding hydrogens is 321 g/mol. The number of anilines is 1. The molecule has 0 unspecified atom stereocenters. The minimum atomic E-state index is -0.979. The molecule has 1 fully saturated rings. The number of imidazole rings is 1. The number of aromatic nitrogens is 4. The maximum atomic E-state index is 13.4. The molecule has 3 heterocycles. The van der Waals surface area contributed by atoms with Crippen molar-refractivity contribution in [1.29, 1.82) is 0 Å². The summed E-state index contributed by atoms with van der Waals surface area (Å²) in [6.07, 6.45) is 3.08. The van der Waals surface area contributed by atoms with E-state index in [0.29, 0.717) is 0 Å². The molecule has 0 amide bonds. The van der Waals surface area contributed by atoms with Gasteiger partial charge in [0.15, 0.2) is 23.1 Å². The Balaban J connectivity index is 1.86. The molecule has 9 nitrogen and oxygen atoms in total. The third-order valence-electron chi connectivity index (χ3n) is 3.48. The highest BCUT2D eigenvalue weighted by molar-refractivity contribution is 5.81. The normalized spacial score (nSPS) is 23.1. The van der Waals surface area contributed by atoms with Crippen molar-refractivity contribution in [2.45, 2.75) is 31.8 Å². The fourth-order valence-corrected chi connectivity index (χ4v) is 2.47. The minimum Gasteiger partial charge on any atom is -0.435 e. The lowest BCUT2D eigenvalue weighted by Crippen LogP contribution is -2.26. The van der Waals surface area contributed by atoms with Crippen LogP contribution in [0.2, 0.25) is 0 Å². The van der Waals surface area contributed by atoms with Gasteiger partial charge in [-0.05, 0) is 6.92 Å². The van der Waals surface area contributed by atoms with Crippen molar-refractivity contribution < 1.29 is 23.4 Å². The van der Waals surface area contributed by atoms with Crippen LogP contribution in [0.4, 0.5) is 15.0 Å². The van der Waals surface area contributed by atoms with Gasteiger partial charge in [-0.2, -0.15) is 14.4 Å². The summed E-state index contributed by atoms with van der Waals surface area (Å²) in [6, 6.07) is 0. The number of carbonyl (C=O) groups excluding carboxylic acids is 1. The quantitative estimate of drug-likeness (QED) is 0.502. The zero-order valence-corrected chi connectivity index (χ0v) is 12.7. The van der Waals surface area contributed by atoms with Gasteiger partial charge in [0, 0.05) is 6.42 Å². The van der Waals surface area contributed by atoms with Gasteiger partial charge in [0.25, 0.3) is 0 Å². The number of hydrogen-bond acceptors (Lipinski definition) is 8. The highest BCUT2D eigenvalue weighted by Gasteiger charge is 2.39. The van der Waals surface area contributed by atoms with Crippen LogP contribution in [0.1, 0.15) is 19.6 Å². The Morgan fingerprint density at radius 1 is 1.62 bits per heavy atom. The standard InChI is InChI=1S/C14H14FN5O4/c1-3-7-8(24-14(21)22-4-2)5-9(23-7)20-6-17-10-11(16)18-13(15)19-12(10)20/h1,6-9H,4-5H2,2H3,(H2,16,18,19)/t7-,8+,9-/m1/s1. The van der Waals surface area contributed by atoms with Gasteiger partial charge in [-0.25, -0.2) is 9.78 Å². The number of fused-ring (bicyclic) bond motifs is 1. The van der Waals surface area contributed by atoms with Crippen LogP contribution in [-0.2, 0) is 14.2 Å². The molecule has 24 heavy (non-hydrogen) atoms. The average Bonchev–Trinajstić information content (AvgIpc) is 3.11. The van der Waals surface area contributed by atoms with Crippen LogP contribution in [0.3, 0.4) is 0 Å². The number of nitrogens with zero attached hydrogens (tertiary/aromatic N) is 4. The molecular formula is C14H14FN5O4. The maximum Gasteiger partial charge on any atom is 0.508 e. The lowest BCUT2D eigenvalue weighted by atomic mass is 10.2. The Bertz CT molecular complexity index is 817. The van der Waals surface area contributed by atoms with Crippen molar-refractivity contribution in [2.24, 2.45) is 0 Å². The fourth-order valence-electron chi connectivity index (χ4n) is 2.47. The summed E-state index contributed by atoms with van der Waals surface area (Å²) in [4.78, 5) is 22.6. The highest BCUT2D eigenvalue weighted by atomic mass is 19.1. The van der Waals surface area contributed by atoms with Crippen LogP contribution < -0.4 is 5.73 Å². The Morgan fingerprint density at radius 3 is 3.12 bits per heavy atom. The predicted molar refractivity (Wildman–Crippen MR) is 78.9 cm³/mol. The predicted octanol–water partition coefficient (Wildman–Crippen LogP) is 1.01. The molecule has 3 rings (SSSR count). The summed E-state index contributed by atoms with van der Waals surface area (Å²) >= 11 is 0. The summed E-state index contributed by atoms with van der Waals surface area (Å²) < 4.78 is 30.4. The van der Waals surface area contributed by atoms with Crippen LogP contribution in [0.15, 0.2) is 6.33 Å². The van der Waals surface area contributed by atoms with E-state index >= 15 is 0 Å². The summed E-state index contributed by atoms with van der Waals surface area (Å²) in [7, 11) is 0. The molecule has 2 aromatic rings. The van der Waals surface area contributed by atoms with Crippen LogP contribution >= 0.6 is 0 Å². The summed E-state index contributed by atoms with van der Waals surface area (Å²) in [5.74, 6) is 2.32. The molecule has 1 aliphatic heterocycles. The zero-order chi connectivity index (χ0) is 17.3. The third-order valence-corrected chi connectivity index (χ3v) is 3.48. The SMILES string of the molecule is C#C[C@H]1O[C@@H](n2cnc3c(N)nc(F)nc32)C[C@@H]1OC(=O)OCC. The molecule has 0 radical (unpaired) electrons. The van der Waals surface area contributed by atoms with Gasteiger partial charge in [0.05, 0.1) is 12.9 Å². The monoisotopic (exact) mass is 335 g/mol. The molecule has 10 heteroatoms. The number of nitrogens with two attached hydrogens (primary N) is 1. The molecule has 0 aliphatic carbocycles. The number of ether oxygens (including phenoxy) is 3. The lowest BCUT2D eigenvalue weighted by molar-refractivity contribution is -0.00860. The van der Waals surface area contributed by atoms with Gasteiger partial charge in [0.1, 0.15) is 12.3 Å². The van der Waals surface area contributed by atoms with Crippen molar-refractivity contribution in [3.63, 3.8) is 0 Å². The molecule has 2 N–H and O–H groups in total. The Hall–Kier alpha value is -2.93. The largest absolute Gasteiger partial charge is 0.508 e. The van der Waals surface area contributed by atoms with E-state index in [1.165, 1.54) is 10.9 Å². The van der Waals surface area contributed by atoms with Crippen molar-refractivity contribution in [3.05, 3.63) is 12.4 Å². The summed E-state index contributed by atoms with van der Waals surface area (Å²) in [5, 5.41) is 0. The molecule has 0 spiro atoms. The van der Waals surface area contributed by atoms with E-state index in [4.69, 9.17) is 26.4 Å². The number of hydrogen-bond donors (Lipinski definition) is 1. The second-order valence-electron chi connectivity index (χ2n) is 4.95. The van der Waals surface area contributed by atoms with Gasteiger partial charge in [0.2, 0.25) is 0 Å². The minimum absolute atomic E-state index is 0.0814. The average molecular weight is 335 g/mol. The van der Waals surface area contributed by atoms with Crippen molar-refractivity contribution >= 4 is 23.1 Å². The second kappa shape index (κ2) is 6.29. The molecule has 1 aliphatic rings. The van der Waals surface area contributed by atoms with E-state index in [2.05, 4.69) is 20.9 Å². The van der Waals surface area contributed by atoms with E-state index in [1.807, 2.05) is 0 Å². The molecule has 2 aromatic heterocycles. The van der Waals surface area contributed by atoms with E-state index in [-0.39, 0.29) is 30.0 Å². The number of rotatable bonds is 3. The smallest absolute Gasteiger partial charge is 0.435 e. The third kappa shape index (κ3) is 2.81. The van der Waals surface area contributed by atoms with Crippen molar-refractivity contribution in [1.82, 2.24) is 19.5 Å². The van der Waals surface area contributed by atoms with E-state index in [9.17, 15) is 9.18 Å². The molecule has 0 saturated carbocycles. The first kappa shape index (κ1) is 15.9. The first-order chi connectivity index (χ1) is 11.5. The van der Waals surface area contributed by atoms with Crippen LogP contribution in [0.5, 0.6) is 0 Å². The van der Waals surface area contributed by atoms with Gasteiger partial charge < -0.3 is 19.9 Å². The topological polar surface area (TPSA) is 114 Å². The van der Waals surface area contributed by atoms with Crippen LogP contribution in [0.25, 0.3) is 11.2 Å². The highest BCUT2D eigenvalue weighted by Crippen LogP contribution is 2.33. The number of terminal acetylenes is 1. The number of carbonyl (C=O) groups is 1. The number of halogens is 1. The molecule has 0 bridgehead atoms. The van der Waals surface area contributed by atoms with Gasteiger partial charge in [-0.15, -0.1) is 6.42 Å². The Labute approximate surface area is 135 Å². The first-order valence-electron chi connectivity index (χ1n) is 7.14. The maximum absolute atomic E-state index is 13.4. The van der Waals surface area contributed by atoms with E-state index in [0.717, 1.165) is 0 Å². The van der Waals surface area contributed by atoms with Gasteiger partial charge >= 0.3 is 12.2 Å². The van der Waals surface area contributed by atoms with Gasteiger partial charge in [-0.1, -0.05) is 5.92 Å². The first-order valence-corrected chi connectivity index (χ1v) is 7.14. The summed E-state index contributed by atoms with van der Waals surface area (Å²) in [5.41, 5.74) is 6.03. The van der Waals surface area contributed by atoms with Crippen molar-refractivity contribution in [3.8, 4) is 12.3 Å². The Morgan fingerprint density at radius 2 is 2.42 bits per heavy atom. The molecule has 0 aromatic carbocycles. The fraction of sp³-hybridized carbons (Fsp3) is 0.429. The second-order valence-corrected chi connectivity index (χ2v) is 4.95. The van der Waals surface area contributed by atoms with Crippen LogP contribution in [0, 0.1) is 18.4 Å². The summed E-state index contributed by atoms with van der Waals surface area (Å²) in [6.45, 7) is 1.84.